The van der Waals surface area contributed by atoms with Crippen LogP contribution in [0.5, 0.6) is 34.5 Å². The molecule has 2 unspecified atom stereocenters. The number of carbonyl (C=O) groups excluding carboxylic acids is 10. The Bertz CT molecular complexity index is 5940. The van der Waals surface area contributed by atoms with Gasteiger partial charge >= 0.3 is 0 Å². The Balaban J connectivity index is 0.000000231. The average molecular weight is 2020 g/mol. The zero-order chi connectivity index (χ0) is 106. The van der Waals surface area contributed by atoms with E-state index in [0.29, 0.717) is 32.7 Å². The van der Waals surface area contributed by atoms with Gasteiger partial charge in [0.15, 0.2) is 35.7 Å². The zero-order valence-corrected chi connectivity index (χ0v) is 82.6. The third-order valence-electron chi connectivity index (χ3n) is 25.5. The van der Waals surface area contributed by atoms with Crippen LogP contribution >= 0.6 is 0 Å². The number of nitrogens with one attached hydrogen (secondary N) is 2. The molecule has 4 aliphatic carbocycles. The van der Waals surface area contributed by atoms with Crippen molar-refractivity contribution in [1.82, 2.24) is 55.6 Å². The summed E-state index contributed by atoms with van der Waals surface area (Å²) in [5.74, 6) is -3.29. The number of Topliss-reactive ketones (excluding diaryl/α,β-unsaturated/α-hetero) is 4. The summed E-state index contributed by atoms with van der Waals surface area (Å²) < 4.78 is 61.7. The number of rotatable bonds is 44. The molecule has 0 spiro atoms. The number of ketones is 8. The van der Waals surface area contributed by atoms with E-state index in [4.69, 9.17) is 72.2 Å². The standard InChI is InChI=1S/C42H55NO15.C38H46N4O15.C12H17N9.C9H8/c1-22-36(48)23(17-24(45)9-10-30(47)43-12-14-56-16-15-55-13-11-41(2,3)4)18-31(57-22)58-28-20-42(53,29(46)21-44)19-26-33(28)40(52)35-34(38(26)50)37(49)25-7-6-8-27(54-5)32(25)39(35)51;1-19-33(47)20(14-21(44)6-7-27(46)40-8-10-54-12-13-55-11-9-41-42-39)15-28(56-19)57-25-17-38(52,26(45)18-43)16-23-30(25)37(51)32-31(35(23)49)34(48)22-4-3-5-24(53-2)29(22)36(32)50;1-19-6-10(13-16-19)4-9(12-8-21(3)18-15-12)5-11-7-20(2)17-14-11;1-4-7-9(6-3)8-5-2/h6-8,22-23,28,31,36,44,48,50,52-53H,9-21H2,1-5H3,(H,43,47);3-5,19-20,25,28,33,43,47,49,51-52H,6-18H2,1-2H3,(H,40,46);6-9H,4-5H2,1-3H3;1-3,9H,7-8H2/t22-,23-,28-,31?,36+,42-;19-,20-,25-,28?,33+,38-;;/m00../s1. The largest absolute Gasteiger partial charge is 0.507 e. The quantitative estimate of drug-likeness (QED) is 0.00595. The highest BCUT2D eigenvalue weighted by Gasteiger charge is 2.54. The van der Waals surface area contributed by atoms with Crippen LogP contribution in [0.4, 0.5) is 0 Å². The number of fused-ring (bicyclic) bond motifs is 6. The SMILES string of the molecule is C#CCC(C#C)CC#C.COc1cccc2c1C(=O)c1c(O)c3c(c(O)c1C2=O)C[C@@](O)(C(=O)CO)C[C@@H]3OC1C[C@H](CC(=O)CCC(=O)NCCOCCOCCC(C)(C)C)[C@H](O)[C@H](C)O1.COc1cccc2c1C(=O)c1c(O)c3c(c(O)c1C2=O)C[C@@](O)(C(=O)CO)C[C@@H]3OC1C[C@H](CC(=O)CCC(=O)NCCOCCOCCN=[N+]=[N-])[C@H](O)[C@H](C)O1.Cn1cc(CC(Cc2cn(C)nn2)c2cn(C)nn2)nn1. The molecule has 13 rings (SSSR count). The van der Waals surface area contributed by atoms with E-state index in [1.807, 2.05) is 39.7 Å². The molecule has 145 heavy (non-hydrogen) atoms. The first-order chi connectivity index (χ1) is 69.1. The van der Waals surface area contributed by atoms with E-state index in [1.165, 1.54) is 57.5 Å². The van der Waals surface area contributed by atoms with Crippen LogP contribution in [0, 0.1) is 60.2 Å². The Morgan fingerprint density at radius 3 is 1.33 bits per heavy atom. The summed E-state index contributed by atoms with van der Waals surface area (Å²) in [7, 11) is 8.18. The van der Waals surface area contributed by atoms with Crippen molar-refractivity contribution in [2.75, 3.05) is 99.9 Å². The summed E-state index contributed by atoms with van der Waals surface area (Å²) in [5.41, 5.74) is 3.08. The molecule has 2 aliphatic heterocycles. The minimum atomic E-state index is -2.35. The fourth-order valence-electron chi connectivity index (χ4n) is 18.0. The second-order valence-electron chi connectivity index (χ2n) is 37.3. The number of aryl methyl sites for hydroxylation is 3. The summed E-state index contributed by atoms with van der Waals surface area (Å²) in [5, 5.41) is 144. The molecule has 44 heteroatoms. The van der Waals surface area contributed by atoms with Gasteiger partial charge in [0, 0.05) is 219 Å². The monoisotopic (exact) mass is 2010 g/mol. The average Bonchev–Trinajstić information content (AvgIpc) is 1.10. The lowest BCUT2D eigenvalue weighted by Gasteiger charge is -2.42. The summed E-state index contributed by atoms with van der Waals surface area (Å²) in [6, 6.07) is 8.61. The predicted octanol–water partition coefficient (Wildman–Crippen LogP) is 5.03. The van der Waals surface area contributed by atoms with Crippen molar-refractivity contribution in [2.24, 2.45) is 49.4 Å². The lowest BCUT2D eigenvalue weighted by atomic mass is 9.72. The maximum absolute atomic E-state index is 13.9. The van der Waals surface area contributed by atoms with E-state index in [1.54, 1.807) is 21.0 Å². The number of aliphatic hydroxyl groups excluding tert-OH is 4. The number of azide groups is 1. The number of benzene rings is 4. The van der Waals surface area contributed by atoms with Gasteiger partial charge in [-0.05, 0) is 55.2 Å². The van der Waals surface area contributed by atoms with Crippen LogP contribution in [0.25, 0.3) is 10.4 Å². The second-order valence-corrected chi connectivity index (χ2v) is 37.3. The van der Waals surface area contributed by atoms with E-state index in [0.717, 1.165) is 36.3 Å². The molecule has 12 atom stereocenters. The third kappa shape index (κ3) is 29.2. The normalized spacial score (nSPS) is 21.1. The third-order valence-corrected chi connectivity index (χ3v) is 25.5. The number of phenolic OH excluding ortho intramolecular Hbond substituents is 4. The van der Waals surface area contributed by atoms with Gasteiger partial charge in [-0.1, -0.05) is 65.8 Å². The molecule has 2 fully saturated rings. The van der Waals surface area contributed by atoms with E-state index in [2.05, 4.69) is 90.1 Å². The Morgan fingerprint density at radius 2 is 0.966 bits per heavy atom. The number of aliphatic hydroxyl groups is 6. The highest BCUT2D eigenvalue weighted by Crippen LogP contribution is 2.56. The first-order valence-electron chi connectivity index (χ1n) is 47.3. The van der Waals surface area contributed by atoms with E-state index in [9.17, 15) is 99.0 Å². The highest BCUT2D eigenvalue weighted by molar-refractivity contribution is 6.32. The summed E-state index contributed by atoms with van der Waals surface area (Å²) in [4.78, 5) is 135. The van der Waals surface area contributed by atoms with Crippen molar-refractivity contribution < 1.29 is 146 Å². The molecule has 5 heterocycles. The molecule has 2 amide bonds. The molecular weight excluding hydrogens is 1890 g/mol. The smallest absolute Gasteiger partial charge is 0.220 e. The van der Waals surface area contributed by atoms with Gasteiger partial charge < -0.3 is 109 Å². The number of hydrogen-bond donors (Lipinski definition) is 12. The number of carbonyl (C=O) groups is 10. The van der Waals surface area contributed by atoms with E-state index < -0.39 is 191 Å². The maximum Gasteiger partial charge on any atom is 0.220 e. The lowest BCUT2D eigenvalue weighted by molar-refractivity contribution is -0.257. The van der Waals surface area contributed by atoms with Crippen molar-refractivity contribution in [2.45, 2.75) is 210 Å². The van der Waals surface area contributed by atoms with Crippen molar-refractivity contribution >= 4 is 58.1 Å². The molecule has 2 saturated heterocycles. The molecule has 12 N–H and O–H groups in total. The number of aromatic nitrogens is 9. The van der Waals surface area contributed by atoms with Crippen LogP contribution in [-0.4, -0.2) is 302 Å². The molecule has 780 valence electrons. The van der Waals surface area contributed by atoms with Gasteiger partial charge in [-0.25, -0.2) is 0 Å². The molecule has 7 aromatic rings. The highest BCUT2D eigenvalue weighted by atomic mass is 16.7. The van der Waals surface area contributed by atoms with Crippen molar-refractivity contribution in [3.63, 3.8) is 0 Å². The van der Waals surface area contributed by atoms with Crippen LogP contribution in [0.2, 0.25) is 0 Å². The van der Waals surface area contributed by atoms with Crippen molar-refractivity contribution in [3.8, 4) is 71.5 Å². The van der Waals surface area contributed by atoms with Crippen LogP contribution < -0.4 is 20.1 Å². The van der Waals surface area contributed by atoms with Crippen molar-refractivity contribution in [1.29, 1.82) is 0 Å². The molecule has 0 bridgehead atoms. The van der Waals surface area contributed by atoms with E-state index in [-0.39, 0.29) is 201 Å². The summed E-state index contributed by atoms with van der Waals surface area (Å²) in [6.45, 7) is 10.8. The predicted molar refractivity (Wildman–Crippen MR) is 512 cm³/mol. The van der Waals surface area contributed by atoms with Gasteiger partial charge in [-0.15, -0.1) is 52.3 Å². The fraction of sp³-hybridized carbons (Fsp3) is 0.545. The van der Waals surface area contributed by atoms with Crippen LogP contribution in [0.15, 0.2) is 60.1 Å². The maximum atomic E-state index is 13.9. The Kier molecular flexibility index (Phi) is 41.2. The first kappa shape index (κ1) is 114. The van der Waals surface area contributed by atoms with Gasteiger partial charge in [-0.2, -0.15) is 0 Å². The Morgan fingerprint density at radius 1 is 0.566 bits per heavy atom. The summed E-state index contributed by atoms with van der Waals surface area (Å²) >= 11 is 0. The van der Waals surface area contributed by atoms with Gasteiger partial charge in [0.05, 0.1) is 148 Å². The number of methoxy groups -OCH3 is 2. The zero-order valence-electron chi connectivity index (χ0n) is 82.6. The number of terminal acetylenes is 3. The minimum absolute atomic E-state index is 0.0534. The number of nitrogens with zero attached hydrogens (tertiary/aromatic N) is 12. The number of hydrogen-bond acceptors (Lipinski definition) is 37. The molecule has 0 saturated carbocycles. The van der Waals surface area contributed by atoms with Crippen molar-refractivity contribution in [3.05, 3.63) is 149 Å². The van der Waals surface area contributed by atoms with Crippen LogP contribution in [0.1, 0.15) is 239 Å². The van der Waals surface area contributed by atoms with Gasteiger partial charge in [0.25, 0.3) is 0 Å². The lowest BCUT2D eigenvalue weighted by Crippen LogP contribution is -2.49. The van der Waals surface area contributed by atoms with E-state index >= 15 is 0 Å². The number of ether oxygens (including phenoxy) is 10. The molecule has 4 aromatic carbocycles. The topological polar surface area (TPSA) is 630 Å². The molecule has 44 nitrogen and oxygen atoms in total. The fourth-order valence-corrected chi connectivity index (χ4v) is 18.0. The number of phenols is 4. The molecule has 3 aromatic heterocycles. The molecule has 0 radical (unpaired) electrons. The van der Waals surface area contributed by atoms with Gasteiger partial charge in [-0.3, -0.25) is 62.0 Å². The van der Waals surface area contributed by atoms with Crippen LogP contribution in [0.3, 0.4) is 0 Å². The van der Waals surface area contributed by atoms with Crippen LogP contribution in [-0.2, 0) is 113 Å². The minimum Gasteiger partial charge on any atom is -0.507 e. The second kappa shape index (κ2) is 52.6. The molecular formula is C101H126N14O30. The Labute approximate surface area is 836 Å². The number of amides is 2. The van der Waals surface area contributed by atoms with Gasteiger partial charge in [0.2, 0.25) is 23.4 Å². The summed E-state index contributed by atoms with van der Waals surface area (Å²) in [6.07, 6.45) is 11.9. The Hall–Kier alpha value is -13.2. The molecule has 6 aliphatic rings. The van der Waals surface area contributed by atoms with Gasteiger partial charge in [0.1, 0.15) is 70.5 Å². The first-order valence-corrected chi connectivity index (χ1v) is 47.3. The number of aromatic hydroxyl groups is 4.